The lowest BCUT2D eigenvalue weighted by Crippen LogP contribution is -2.42. The van der Waals surface area contributed by atoms with Crippen LogP contribution < -0.4 is 4.72 Å². The summed E-state index contributed by atoms with van der Waals surface area (Å²) in [6.07, 6.45) is 2.79. The van der Waals surface area contributed by atoms with Crippen LogP contribution in [0.2, 0.25) is 0 Å². The third kappa shape index (κ3) is 4.40. The standard InChI is InChI=1S/C23H24F3N5O2S/c1-3-15-10-18-19(11-27)21(31(22(18)29-12-15)16-6-4-5-7-16)20-9-8-17(13-28-20)34(32,33)30-14(2)23(24,25)26/h8-10,12-14,16,30H,3-7H2,1-2H3/t14-/m1/s1. The van der Waals surface area contributed by atoms with Crippen LogP contribution in [0.1, 0.15) is 56.7 Å². The number of aryl methyl sites for hydroxylation is 1. The Balaban J connectivity index is 1.82. The summed E-state index contributed by atoms with van der Waals surface area (Å²) in [5, 5.41) is 10.7. The quantitative estimate of drug-likeness (QED) is 0.530. The number of nitrogens with zero attached hydrogens (tertiary/aromatic N) is 4. The Bertz CT molecular complexity index is 1350. The van der Waals surface area contributed by atoms with Crippen molar-refractivity contribution in [2.45, 2.75) is 69.1 Å². The van der Waals surface area contributed by atoms with Crippen LogP contribution in [0.25, 0.3) is 22.4 Å². The molecule has 0 saturated heterocycles. The van der Waals surface area contributed by atoms with E-state index in [1.807, 2.05) is 17.6 Å². The van der Waals surface area contributed by atoms with Gasteiger partial charge in [0.1, 0.15) is 22.7 Å². The number of nitriles is 1. The Morgan fingerprint density at radius 2 is 1.94 bits per heavy atom. The molecule has 0 aromatic carbocycles. The number of hydrogen-bond acceptors (Lipinski definition) is 5. The van der Waals surface area contributed by atoms with E-state index in [-0.39, 0.29) is 10.9 Å². The summed E-state index contributed by atoms with van der Waals surface area (Å²) in [6.45, 7) is 2.73. The molecule has 1 aliphatic rings. The van der Waals surface area contributed by atoms with Crippen molar-refractivity contribution in [1.82, 2.24) is 19.3 Å². The second kappa shape index (κ2) is 9.00. The number of halogens is 3. The van der Waals surface area contributed by atoms with Gasteiger partial charge in [-0.25, -0.2) is 13.4 Å². The van der Waals surface area contributed by atoms with Gasteiger partial charge in [-0.2, -0.15) is 23.2 Å². The molecular formula is C23H24F3N5O2S. The molecule has 0 aliphatic heterocycles. The molecule has 180 valence electrons. The minimum absolute atomic E-state index is 0.124. The average molecular weight is 492 g/mol. The number of hydrogen-bond donors (Lipinski definition) is 1. The maximum Gasteiger partial charge on any atom is 0.404 e. The van der Waals surface area contributed by atoms with Crippen LogP contribution in [0.15, 0.2) is 35.5 Å². The zero-order valence-corrected chi connectivity index (χ0v) is 19.5. The molecule has 0 unspecified atom stereocenters. The first kappa shape index (κ1) is 24.2. The third-order valence-electron chi connectivity index (χ3n) is 6.22. The van der Waals surface area contributed by atoms with Gasteiger partial charge in [0.15, 0.2) is 0 Å². The van der Waals surface area contributed by atoms with Crippen LogP contribution in [0.3, 0.4) is 0 Å². The number of rotatable bonds is 6. The lowest BCUT2D eigenvalue weighted by Gasteiger charge is -2.18. The minimum atomic E-state index is -4.71. The average Bonchev–Trinajstić information content (AvgIpc) is 3.43. The Morgan fingerprint density at radius 3 is 2.50 bits per heavy atom. The molecule has 7 nitrogen and oxygen atoms in total. The zero-order chi connectivity index (χ0) is 24.7. The Labute approximate surface area is 195 Å². The molecule has 1 fully saturated rings. The van der Waals surface area contributed by atoms with E-state index in [9.17, 15) is 26.9 Å². The van der Waals surface area contributed by atoms with Crippen LogP contribution >= 0.6 is 0 Å². The SMILES string of the molecule is CCc1cnc2c(c1)c(C#N)c(-c1ccc(S(=O)(=O)N[C@H](C)C(F)(F)F)cn1)n2C1CCCC1. The lowest BCUT2D eigenvalue weighted by molar-refractivity contribution is -0.147. The van der Waals surface area contributed by atoms with Crippen molar-refractivity contribution in [2.75, 3.05) is 0 Å². The monoisotopic (exact) mass is 491 g/mol. The number of fused-ring (bicyclic) bond motifs is 1. The predicted molar refractivity (Wildman–Crippen MR) is 120 cm³/mol. The van der Waals surface area contributed by atoms with Gasteiger partial charge in [0.05, 0.1) is 17.0 Å². The molecule has 0 amide bonds. The molecule has 0 radical (unpaired) electrons. The Morgan fingerprint density at radius 1 is 1.24 bits per heavy atom. The highest BCUT2D eigenvalue weighted by atomic mass is 32.2. The van der Waals surface area contributed by atoms with Crippen LogP contribution in [0.5, 0.6) is 0 Å². The van der Waals surface area contributed by atoms with Gasteiger partial charge in [0.2, 0.25) is 10.0 Å². The van der Waals surface area contributed by atoms with Crippen molar-refractivity contribution in [3.05, 3.63) is 41.7 Å². The summed E-state index contributed by atoms with van der Waals surface area (Å²) >= 11 is 0. The Hall–Kier alpha value is -2.97. The summed E-state index contributed by atoms with van der Waals surface area (Å²) in [6, 6.07) is 4.71. The van der Waals surface area contributed by atoms with Gasteiger partial charge in [-0.05, 0) is 49.9 Å². The van der Waals surface area contributed by atoms with E-state index in [2.05, 4.69) is 16.0 Å². The smallest absolute Gasteiger partial charge is 0.320 e. The van der Waals surface area contributed by atoms with Crippen molar-refractivity contribution in [2.24, 2.45) is 0 Å². The first-order valence-electron chi connectivity index (χ1n) is 11.0. The first-order valence-corrected chi connectivity index (χ1v) is 12.5. The van der Waals surface area contributed by atoms with Crippen molar-refractivity contribution < 1.29 is 21.6 Å². The van der Waals surface area contributed by atoms with Crippen LogP contribution in [0, 0.1) is 11.3 Å². The van der Waals surface area contributed by atoms with Gasteiger partial charge in [-0.15, -0.1) is 0 Å². The highest BCUT2D eigenvalue weighted by molar-refractivity contribution is 7.89. The normalized spacial score (nSPS) is 16.1. The van der Waals surface area contributed by atoms with E-state index in [1.165, 1.54) is 12.1 Å². The van der Waals surface area contributed by atoms with Crippen LogP contribution in [0.4, 0.5) is 13.2 Å². The molecule has 1 N–H and O–H groups in total. The number of nitrogens with one attached hydrogen (secondary N) is 1. The summed E-state index contributed by atoms with van der Waals surface area (Å²) in [4.78, 5) is 8.51. The molecule has 1 aliphatic carbocycles. The van der Waals surface area contributed by atoms with Crippen LogP contribution in [-0.4, -0.2) is 35.2 Å². The molecule has 4 rings (SSSR count). The number of pyridine rings is 2. The van der Waals surface area contributed by atoms with Gasteiger partial charge in [0.25, 0.3) is 0 Å². The Kier molecular flexibility index (Phi) is 6.40. The van der Waals surface area contributed by atoms with E-state index < -0.39 is 22.2 Å². The minimum Gasteiger partial charge on any atom is -0.320 e. The molecular weight excluding hydrogens is 467 g/mol. The number of aromatic nitrogens is 3. The molecule has 3 aromatic heterocycles. The summed E-state index contributed by atoms with van der Waals surface area (Å²) in [5.74, 6) is 0. The lowest BCUT2D eigenvalue weighted by atomic mass is 10.1. The van der Waals surface area contributed by atoms with E-state index >= 15 is 0 Å². The maximum absolute atomic E-state index is 12.8. The predicted octanol–water partition coefficient (Wildman–Crippen LogP) is 4.88. The molecule has 1 atom stereocenters. The van der Waals surface area contributed by atoms with Crippen molar-refractivity contribution >= 4 is 21.1 Å². The molecule has 0 spiro atoms. The number of sulfonamides is 1. The third-order valence-corrected chi connectivity index (χ3v) is 7.75. The summed E-state index contributed by atoms with van der Waals surface area (Å²) in [5.41, 5.74) is 2.97. The fourth-order valence-corrected chi connectivity index (χ4v) is 5.53. The van der Waals surface area contributed by atoms with Gasteiger partial charge in [-0.1, -0.05) is 19.8 Å². The van der Waals surface area contributed by atoms with Gasteiger partial charge < -0.3 is 4.57 Å². The highest BCUT2D eigenvalue weighted by Crippen LogP contribution is 2.40. The second-order valence-corrected chi connectivity index (χ2v) is 10.2. The van der Waals surface area contributed by atoms with E-state index in [1.54, 1.807) is 10.9 Å². The zero-order valence-electron chi connectivity index (χ0n) is 18.7. The fraction of sp³-hybridized carbons (Fsp3) is 0.435. The van der Waals surface area contributed by atoms with Crippen molar-refractivity contribution in [3.63, 3.8) is 0 Å². The van der Waals surface area contributed by atoms with E-state index in [0.717, 1.165) is 50.8 Å². The van der Waals surface area contributed by atoms with Gasteiger partial charge >= 0.3 is 6.18 Å². The second-order valence-electron chi connectivity index (χ2n) is 8.48. The molecule has 11 heteroatoms. The molecule has 1 saturated carbocycles. The largest absolute Gasteiger partial charge is 0.404 e. The van der Waals surface area contributed by atoms with Crippen molar-refractivity contribution in [3.8, 4) is 17.5 Å². The maximum atomic E-state index is 12.8. The molecule has 3 heterocycles. The van der Waals surface area contributed by atoms with Gasteiger partial charge in [-0.3, -0.25) is 4.98 Å². The van der Waals surface area contributed by atoms with Crippen molar-refractivity contribution in [1.29, 1.82) is 5.26 Å². The van der Waals surface area contributed by atoms with Crippen LogP contribution in [-0.2, 0) is 16.4 Å². The van der Waals surface area contributed by atoms with E-state index in [0.29, 0.717) is 28.0 Å². The fourth-order valence-electron chi connectivity index (χ4n) is 4.35. The first-order chi connectivity index (χ1) is 16.1. The summed E-state index contributed by atoms with van der Waals surface area (Å²) < 4.78 is 67.0. The molecule has 3 aromatic rings. The summed E-state index contributed by atoms with van der Waals surface area (Å²) in [7, 11) is -4.43. The number of alkyl halides is 3. The van der Waals surface area contributed by atoms with E-state index in [4.69, 9.17) is 0 Å². The topological polar surface area (TPSA) is 101 Å². The molecule has 34 heavy (non-hydrogen) atoms. The molecule has 0 bridgehead atoms. The highest BCUT2D eigenvalue weighted by Gasteiger charge is 2.39. The van der Waals surface area contributed by atoms with Gasteiger partial charge in [0, 0.05) is 23.8 Å².